The number of fused-ring (bicyclic) bond motifs is 4. The Balaban J connectivity index is 1.51. The van der Waals surface area contributed by atoms with E-state index in [1.54, 1.807) is 13.2 Å². The second kappa shape index (κ2) is 11.1. The highest BCUT2D eigenvalue weighted by atomic mass is 16.5. The number of allylic oxidation sites excluding steroid dienone is 2. The Hall–Kier alpha value is -2.76. The quantitative estimate of drug-likeness (QED) is 0.270. The Morgan fingerprint density at radius 1 is 1.00 bits per heavy atom. The molecule has 0 fully saturated rings. The van der Waals surface area contributed by atoms with Gasteiger partial charge in [-0.3, -0.25) is 9.59 Å². The largest absolute Gasteiger partial charge is 0.504 e. The van der Waals surface area contributed by atoms with Crippen LogP contribution in [0.4, 0.5) is 0 Å². The highest BCUT2D eigenvalue weighted by Crippen LogP contribution is 2.53. The normalized spacial score (nSPS) is 22.4. The van der Waals surface area contributed by atoms with Crippen LogP contribution in [0, 0.1) is 5.92 Å². The smallest absolute Gasteiger partial charge is 0.228 e. The van der Waals surface area contributed by atoms with Crippen LogP contribution >= 0.6 is 0 Å². The molecule has 2 aliphatic heterocycles. The van der Waals surface area contributed by atoms with Crippen molar-refractivity contribution in [3.8, 4) is 11.5 Å². The molecule has 36 heavy (non-hydrogen) atoms. The van der Waals surface area contributed by atoms with Crippen molar-refractivity contribution in [2.45, 2.75) is 96.5 Å². The van der Waals surface area contributed by atoms with Gasteiger partial charge in [-0.2, -0.15) is 0 Å². The van der Waals surface area contributed by atoms with Crippen LogP contribution in [0.1, 0.15) is 96.5 Å². The van der Waals surface area contributed by atoms with Crippen molar-refractivity contribution in [1.82, 2.24) is 0 Å². The van der Waals surface area contributed by atoms with Gasteiger partial charge in [0.15, 0.2) is 11.5 Å². The van der Waals surface area contributed by atoms with Crippen molar-refractivity contribution in [2.24, 2.45) is 5.92 Å². The van der Waals surface area contributed by atoms with E-state index >= 15 is 0 Å². The van der Waals surface area contributed by atoms with Gasteiger partial charge in [0, 0.05) is 29.0 Å². The van der Waals surface area contributed by atoms with Crippen molar-refractivity contribution in [3.05, 3.63) is 46.4 Å². The summed E-state index contributed by atoms with van der Waals surface area (Å²) in [4.78, 5) is 27.1. The molecule has 3 aliphatic rings. The lowest BCUT2D eigenvalue weighted by Gasteiger charge is -2.48. The Morgan fingerprint density at radius 2 is 1.67 bits per heavy atom. The zero-order valence-electron chi connectivity index (χ0n) is 22.2. The molecule has 4 rings (SSSR count). The summed E-state index contributed by atoms with van der Waals surface area (Å²) in [5.74, 6) is -0.457. The van der Waals surface area contributed by atoms with Crippen molar-refractivity contribution in [2.75, 3.05) is 13.7 Å². The number of ether oxygens (including phenoxy) is 3. The third kappa shape index (κ3) is 5.05. The fourth-order valence-corrected chi connectivity index (χ4v) is 5.78. The zero-order valence-corrected chi connectivity index (χ0v) is 22.2. The zero-order chi connectivity index (χ0) is 25.9. The SMILES string of the molecule is CCCCCCCCCCCC1=C(O)C(=O)C2=C(OC(C)(C)[C@H]3COc4cc(OC)ccc4[C@H]23)C1=O. The van der Waals surface area contributed by atoms with E-state index in [4.69, 9.17) is 14.2 Å². The third-order valence-corrected chi connectivity index (χ3v) is 7.95. The molecule has 0 saturated carbocycles. The Morgan fingerprint density at radius 3 is 2.33 bits per heavy atom. The highest BCUT2D eigenvalue weighted by molar-refractivity contribution is 6.24. The van der Waals surface area contributed by atoms with Crippen LogP contribution < -0.4 is 9.47 Å². The predicted octanol–water partition coefficient (Wildman–Crippen LogP) is 6.74. The average Bonchev–Trinajstić information content (AvgIpc) is 2.87. The number of aliphatic hydroxyl groups excluding tert-OH is 1. The minimum atomic E-state index is -0.715. The molecule has 0 bridgehead atoms. The fraction of sp³-hybridized carbons (Fsp3) is 0.600. The number of ketones is 2. The van der Waals surface area contributed by atoms with Gasteiger partial charge in [0.2, 0.25) is 11.6 Å². The number of rotatable bonds is 11. The molecular formula is C30H40O6. The van der Waals surface area contributed by atoms with Gasteiger partial charge in [-0.15, -0.1) is 0 Å². The van der Waals surface area contributed by atoms with E-state index in [0.717, 1.165) is 24.8 Å². The third-order valence-electron chi connectivity index (χ3n) is 7.95. The van der Waals surface area contributed by atoms with Crippen LogP contribution in [0.5, 0.6) is 11.5 Å². The van der Waals surface area contributed by atoms with E-state index in [9.17, 15) is 14.7 Å². The van der Waals surface area contributed by atoms with Crippen molar-refractivity contribution >= 4 is 11.6 Å². The second-order valence-corrected chi connectivity index (χ2v) is 10.8. The summed E-state index contributed by atoms with van der Waals surface area (Å²) in [6.45, 7) is 6.43. The number of Topliss-reactive ketones (excluding diaryl/α,β-unsaturated/α-hetero) is 2. The number of unbranched alkanes of at least 4 members (excludes halogenated alkanes) is 8. The monoisotopic (exact) mass is 496 g/mol. The van der Waals surface area contributed by atoms with E-state index in [1.165, 1.54) is 38.5 Å². The molecule has 0 amide bonds. The van der Waals surface area contributed by atoms with Crippen LogP contribution in [0.15, 0.2) is 40.9 Å². The van der Waals surface area contributed by atoms with Gasteiger partial charge in [0.1, 0.15) is 17.1 Å². The summed E-state index contributed by atoms with van der Waals surface area (Å²) >= 11 is 0. The van der Waals surface area contributed by atoms with Crippen LogP contribution in [-0.2, 0) is 14.3 Å². The van der Waals surface area contributed by atoms with Gasteiger partial charge < -0.3 is 19.3 Å². The van der Waals surface area contributed by atoms with E-state index in [0.29, 0.717) is 24.5 Å². The standard InChI is InChI=1S/C30H40O6/c1-5-6-7-8-9-10-11-12-13-14-21-26(31)28(33)25-24-20-16-15-19(34-4)17-23(20)35-18-22(24)30(2,3)36-29(25)27(21)32/h15-17,22,24,31H,5-14,18H2,1-4H3/t22-,24-/m0/s1. The van der Waals surface area contributed by atoms with Crippen LogP contribution in [-0.4, -0.2) is 36.0 Å². The summed E-state index contributed by atoms with van der Waals surface area (Å²) in [6, 6.07) is 5.51. The fourth-order valence-electron chi connectivity index (χ4n) is 5.78. The van der Waals surface area contributed by atoms with Crippen LogP contribution in [0.2, 0.25) is 0 Å². The van der Waals surface area contributed by atoms with E-state index in [2.05, 4.69) is 6.92 Å². The minimum Gasteiger partial charge on any atom is -0.504 e. The molecule has 1 aromatic carbocycles. The maximum absolute atomic E-state index is 13.6. The van der Waals surface area contributed by atoms with Crippen LogP contribution in [0.3, 0.4) is 0 Å². The summed E-state index contributed by atoms with van der Waals surface area (Å²) in [6.07, 6.45) is 10.8. The molecule has 6 heteroatoms. The van der Waals surface area contributed by atoms with E-state index in [-0.39, 0.29) is 28.6 Å². The minimum absolute atomic E-state index is 0.0960. The first-order valence-electron chi connectivity index (χ1n) is 13.6. The first-order valence-corrected chi connectivity index (χ1v) is 13.6. The average molecular weight is 497 g/mol. The van der Waals surface area contributed by atoms with Crippen molar-refractivity contribution in [3.63, 3.8) is 0 Å². The number of hydrogen-bond donors (Lipinski definition) is 1. The predicted molar refractivity (Wildman–Crippen MR) is 138 cm³/mol. The molecule has 0 aromatic heterocycles. The molecule has 6 nitrogen and oxygen atoms in total. The molecule has 1 aromatic rings. The topological polar surface area (TPSA) is 82.1 Å². The number of aliphatic hydroxyl groups is 1. The number of carbonyl (C=O) groups is 2. The Bertz CT molecular complexity index is 1060. The van der Waals surface area contributed by atoms with Crippen LogP contribution in [0.25, 0.3) is 0 Å². The van der Waals surface area contributed by atoms with E-state index in [1.807, 2.05) is 26.0 Å². The molecule has 0 unspecified atom stereocenters. The summed E-state index contributed by atoms with van der Waals surface area (Å²) < 4.78 is 17.6. The highest BCUT2D eigenvalue weighted by Gasteiger charge is 2.54. The van der Waals surface area contributed by atoms with Gasteiger partial charge in [-0.05, 0) is 32.8 Å². The maximum atomic E-state index is 13.6. The van der Waals surface area contributed by atoms with Gasteiger partial charge in [-0.1, -0.05) is 64.4 Å². The first-order chi connectivity index (χ1) is 17.3. The summed E-state index contributed by atoms with van der Waals surface area (Å²) in [5, 5.41) is 10.9. The molecule has 1 N–H and O–H groups in total. The lowest BCUT2D eigenvalue weighted by Crippen LogP contribution is -2.50. The molecule has 0 saturated heterocycles. The molecule has 2 heterocycles. The summed E-state index contributed by atoms with van der Waals surface area (Å²) in [5.41, 5.74) is 0.546. The summed E-state index contributed by atoms with van der Waals surface area (Å²) in [7, 11) is 1.59. The molecule has 1 aliphatic carbocycles. The number of benzene rings is 1. The number of methoxy groups -OCH3 is 1. The lowest BCUT2D eigenvalue weighted by atomic mass is 9.67. The number of hydrogen-bond acceptors (Lipinski definition) is 6. The van der Waals surface area contributed by atoms with Gasteiger partial charge in [0.25, 0.3) is 0 Å². The van der Waals surface area contributed by atoms with Gasteiger partial charge >= 0.3 is 0 Å². The van der Waals surface area contributed by atoms with Gasteiger partial charge in [-0.25, -0.2) is 0 Å². The second-order valence-electron chi connectivity index (χ2n) is 10.8. The lowest BCUT2D eigenvalue weighted by molar-refractivity contribution is -0.130. The number of carbonyl (C=O) groups excluding carboxylic acids is 2. The van der Waals surface area contributed by atoms with E-state index < -0.39 is 23.1 Å². The molecule has 196 valence electrons. The Kier molecular flexibility index (Phi) is 8.11. The molecule has 0 radical (unpaired) electrons. The maximum Gasteiger partial charge on any atom is 0.228 e. The van der Waals surface area contributed by atoms with Gasteiger partial charge in [0.05, 0.1) is 19.3 Å². The Labute approximate surface area is 214 Å². The first kappa shape index (κ1) is 26.3. The molecule has 0 spiro atoms. The van der Waals surface area contributed by atoms with Crippen molar-refractivity contribution in [1.29, 1.82) is 0 Å². The van der Waals surface area contributed by atoms with Crippen molar-refractivity contribution < 1.29 is 28.9 Å². The molecule has 2 atom stereocenters. The molecular weight excluding hydrogens is 456 g/mol.